The summed E-state index contributed by atoms with van der Waals surface area (Å²) in [7, 11) is 0. The van der Waals surface area contributed by atoms with Crippen molar-refractivity contribution in [3.63, 3.8) is 0 Å². The molecule has 1 amide bonds. The fourth-order valence-electron chi connectivity index (χ4n) is 2.43. The molecule has 1 aliphatic rings. The van der Waals surface area contributed by atoms with Gasteiger partial charge in [0.1, 0.15) is 0 Å². The molecule has 4 heteroatoms. The van der Waals surface area contributed by atoms with Crippen LogP contribution < -0.4 is 0 Å². The van der Waals surface area contributed by atoms with Crippen molar-refractivity contribution >= 4 is 33.2 Å². The Morgan fingerprint density at radius 2 is 2.28 bits per heavy atom. The van der Waals surface area contributed by atoms with Crippen LogP contribution in [0.4, 0.5) is 0 Å². The average Bonchev–Trinajstić information content (AvgIpc) is 2.75. The zero-order chi connectivity index (χ0) is 13.0. The number of alkyl halides is 1. The first-order valence-corrected chi connectivity index (χ1v) is 8.65. The number of rotatable bonds is 3. The van der Waals surface area contributed by atoms with E-state index in [4.69, 9.17) is 0 Å². The van der Waals surface area contributed by atoms with Gasteiger partial charge in [0.15, 0.2) is 0 Å². The summed E-state index contributed by atoms with van der Waals surface area (Å²) in [6, 6.07) is 4.44. The van der Waals surface area contributed by atoms with E-state index in [1.165, 1.54) is 17.7 Å². The molecule has 2 nitrogen and oxygen atoms in total. The molecule has 0 N–H and O–H groups in total. The van der Waals surface area contributed by atoms with Crippen LogP contribution in [0.5, 0.6) is 0 Å². The Labute approximate surface area is 122 Å². The Hall–Kier alpha value is -0.350. The smallest absolute Gasteiger partial charge is 0.264 e. The zero-order valence-corrected chi connectivity index (χ0v) is 13.2. The van der Waals surface area contributed by atoms with E-state index >= 15 is 0 Å². The van der Waals surface area contributed by atoms with Gasteiger partial charge in [-0.3, -0.25) is 4.79 Å². The number of aryl methyl sites for hydroxylation is 1. The number of halogens is 1. The Kier molecular flexibility index (Phi) is 5.25. The number of thiophene rings is 1. The van der Waals surface area contributed by atoms with Gasteiger partial charge in [-0.05, 0) is 31.4 Å². The third kappa shape index (κ3) is 3.15. The van der Waals surface area contributed by atoms with Crippen LogP contribution in [0.1, 0.15) is 47.2 Å². The summed E-state index contributed by atoms with van der Waals surface area (Å²) in [4.78, 5) is 16.8. The molecule has 1 aromatic heterocycles. The Morgan fingerprint density at radius 1 is 1.44 bits per heavy atom. The second kappa shape index (κ2) is 6.71. The first-order valence-electron chi connectivity index (χ1n) is 6.72. The number of amides is 1. The fourth-order valence-corrected chi connectivity index (χ4v) is 4.01. The van der Waals surface area contributed by atoms with Gasteiger partial charge in [-0.15, -0.1) is 11.3 Å². The van der Waals surface area contributed by atoms with Crippen LogP contribution in [0.15, 0.2) is 12.1 Å². The summed E-state index contributed by atoms with van der Waals surface area (Å²) in [6.45, 7) is 3.04. The molecule has 2 heterocycles. The van der Waals surface area contributed by atoms with Crippen LogP contribution in [0.3, 0.4) is 0 Å². The lowest BCUT2D eigenvalue weighted by atomic mass is 10.1. The molecule has 0 aliphatic carbocycles. The normalized spacial score (nSPS) is 20.8. The molecule has 1 fully saturated rings. The summed E-state index contributed by atoms with van der Waals surface area (Å²) < 4.78 is 0. The van der Waals surface area contributed by atoms with E-state index < -0.39 is 0 Å². The minimum absolute atomic E-state index is 0.228. The number of hydrogen-bond donors (Lipinski definition) is 0. The lowest BCUT2D eigenvalue weighted by Crippen LogP contribution is -2.40. The van der Waals surface area contributed by atoms with Crippen LogP contribution in [0.2, 0.25) is 0 Å². The van der Waals surface area contributed by atoms with Crippen LogP contribution in [-0.4, -0.2) is 28.7 Å². The summed E-state index contributed by atoms with van der Waals surface area (Å²) >= 11 is 5.20. The van der Waals surface area contributed by atoms with Gasteiger partial charge in [-0.2, -0.15) is 0 Å². The van der Waals surface area contributed by atoms with Crippen molar-refractivity contribution in [1.82, 2.24) is 4.90 Å². The first kappa shape index (κ1) is 14.1. The van der Waals surface area contributed by atoms with E-state index in [9.17, 15) is 4.79 Å². The maximum atomic E-state index is 12.6. The van der Waals surface area contributed by atoms with Crippen molar-refractivity contribution in [3.05, 3.63) is 21.9 Å². The molecule has 0 aromatic carbocycles. The van der Waals surface area contributed by atoms with Crippen molar-refractivity contribution in [2.75, 3.05) is 11.9 Å². The molecule has 2 rings (SSSR count). The van der Waals surface area contributed by atoms with Gasteiger partial charge >= 0.3 is 0 Å². The van der Waals surface area contributed by atoms with Crippen molar-refractivity contribution < 1.29 is 4.79 Å². The summed E-state index contributed by atoms with van der Waals surface area (Å²) in [5.41, 5.74) is 0. The van der Waals surface area contributed by atoms with Crippen LogP contribution in [0.25, 0.3) is 0 Å². The molecule has 0 radical (unpaired) electrons. The van der Waals surface area contributed by atoms with Crippen LogP contribution >= 0.6 is 27.3 Å². The fraction of sp³-hybridized carbons (Fsp3) is 0.643. The molecule has 1 saturated heterocycles. The van der Waals surface area contributed by atoms with Gasteiger partial charge in [0, 0.05) is 22.8 Å². The van der Waals surface area contributed by atoms with E-state index in [2.05, 4.69) is 33.8 Å². The Bertz CT molecular complexity index is 404. The predicted octanol–water partition coefficient (Wildman–Crippen LogP) is 4.09. The van der Waals surface area contributed by atoms with E-state index in [0.29, 0.717) is 6.04 Å². The maximum absolute atomic E-state index is 12.6. The molecule has 0 spiro atoms. The molecule has 0 saturated carbocycles. The third-order valence-electron chi connectivity index (χ3n) is 3.54. The number of carbonyl (C=O) groups excluding carboxylic acids is 1. The quantitative estimate of drug-likeness (QED) is 0.765. The average molecular weight is 330 g/mol. The van der Waals surface area contributed by atoms with Gasteiger partial charge in [0.05, 0.1) is 4.88 Å². The first-order chi connectivity index (χ1) is 8.76. The van der Waals surface area contributed by atoms with Crippen LogP contribution in [-0.2, 0) is 6.42 Å². The van der Waals surface area contributed by atoms with E-state index in [1.807, 2.05) is 6.07 Å². The third-order valence-corrected chi connectivity index (χ3v) is 5.50. The summed E-state index contributed by atoms with van der Waals surface area (Å²) in [5.74, 6) is 0.228. The van der Waals surface area contributed by atoms with E-state index in [1.54, 1.807) is 11.3 Å². The summed E-state index contributed by atoms with van der Waals surface area (Å²) in [6.07, 6.45) is 5.77. The van der Waals surface area contributed by atoms with Gasteiger partial charge in [-0.1, -0.05) is 35.7 Å². The standard InChI is InChI=1S/C14H20BrNOS/c1-2-12-7-8-13(18-12)14(17)16-9-5-3-4-6-11(16)10-15/h7-8,11H,2-6,9-10H2,1H3. The highest BCUT2D eigenvalue weighted by atomic mass is 79.9. The Morgan fingerprint density at radius 3 is 2.94 bits per heavy atom. The minimum atomic E-state index is 0.228. The SMILES string of the molecule is CCc1ccc(C(=O)N2CCCCCC2CBr)s1. The van der Waals surface area contributed by atoms with Crippen molar-refractivity contribution in [2.24, 2.45) is 0 Å². The van der Waals surface area contributed by atoms with E-state index in [0.717, 1.165) is 36.0 Å². The van der Waals surface area contributed by atoms with Crippen molar-refractivity contribution in [2.45, 2.75) is 45.1 Å². The molecular formula is C14H20BrNOS. The highest BCUT2D eigenvalue weighted by Gasteiger charge is 2.26. The predicted molar refractivity (Wildman–Crippen MR) is 80.8 cm³/mol. The minimum Gasteiger partial charge on any atom is -0.334 e. The van der Waals surface area contributed by atoms with E-state index in [-0.39, 0.29) is 5.91 Å². The van der Waals surface area contributed by atoms with Crippen molar-refractivity contribution in [1.29, 1.82) is 0 Å². The lowest BCUT2D eigenvalue weighted by Gasteiger charge is -2.28. The molecule has 100 valence electrons. The van der Waals surface area contributed by atoms with Gasteiger partial charge in [0.25, 0.3) is 5.91 Å². The van der Waals surface area contributed by atoms with Gasteiger partial charge in [0.2, 0.25) is 0 Å². The molecule has 18 heavy (non-hydrogen) atoms. The topological polar surface area (TPSA) is 20.3 Å². The molecular weight excluding hydrogens is 310 g/mol. The molecule has 1 unspecified atom stereocenters. The van der Waals surface area contributed by atoms with Gasteiger partial charge in [-0.25, -0.2) is 0 Å². The number of likely N-dealkylation sites (tertiary alicyclic amines) is 1. The van der Waals surface area contributed by atoms with Crippen LogP contribution in [0, 0.1) is 0 Å². The second-order valence-corrected chi connectivity index (χ2v) is 6.59. The number of carbonyl (C=O) groups is 1. The molecule has 0 bridgehead atoms. The monoisotopic (exact) mass is 329 g/mol. The number of hydrogen-bond acceptors (Lipinski definition) is 2. The largest absolute Gasteiger partial charge is 0.334 e. The Balaban J connectivity index is 2.14. The molecule has 1 atom stereocenters. The molecule has 1 aromatic rings. The van der Waals surface area contributed by atoms with Crippen molar-refractivity contribution in [3.8, 4) is 0 Å². The molecule has 1 aliphatic heterocycles. The zero-order valence-electron chi connectivity index (χ0n) is 10.8. The van der Waals surface area contributed by atoms with Gasteiger partial charge < -0.3 is 4.90 Å². The highest BCUT2D eigenvalue weighted by Crippen LogP contribution is 2.24. The highest BCUT2D eigenvalue weighted by molar-refractivity contribution is 9.09. The number of nitrogens with zero attached hydrogens (tertiary/aromatic N) is 1. The summed E-state index contributed by atoms with van der Waals surface area (Å²) in [5, 5.41) is 0.894. The lowest BCUT2D eigenvalue weighted by molar-refractivity contribution is 0.0707. The maximum Gasteiger partial charge on any atom is 0.264 e. The second-order valence-electron chi connectivity index (χ2n) is 4.78.